The lowest BCUT2D eigenvalue weighted by molar-refractivity contribution is -0.125. The van der Waals surface area contributed by atoms with Crippen LogP contribution in [0.4, 0.5) is 15.9 Å². The van der Waals surface area contributed by atoms with E-state index < -0.39 is 11.7 Å². The number of nitrogens with one attached hydrogen (secondary N) is 2. The van der Waals surface area contributed by atoms with Crippen molar-refractivity contribution in [3.8, 4) is 0 Å². The van der Waals surface area contributed by atoms with Crippen molar-refractivity contribution < 1.29 is 18.8 Å². The lowest BCUT2D eigenvalue weighted by atomic mass is 10.2. The van der Waals surface area contributed by atoms with E-state index in [1.54, 1.807) is 12.3 Å². The second kappa shape index (κ2) is 11.5. The number of carbonyl (C=O) groups excluding carboxylic acids is 3. The van der Waals surface area contributed by atoms with Gasteiger partial charge in [0.05, 0.1) is 0 Å². The third-order valence-electron chi connectivity index (χ3n) is 4.82. The summed E-state index contributed by atoms with van der Waals surface area (Å²) in [5.74, 6) is -1.21. The lowest BCUT2D eigenvalue weighted by Crippen LogP contribution is -2.41. The van der Waals surface area contributed by atoms with E-state index in [9.17, 15) is 18.8 Å². The van der Waals surface area contributed by atoms with Gasteiger partial charge in [-0.1, -0.05) is 30.3 Å². The maximum absolute atomic E-state index is 13.4. The summed E-state index contributed by atoms with van der Waals surface area (Å²) in [6, 6.07) is 18.2. The molecule has 0 bridgehead atoms. The van der Waals surface area contributed by atoms with E-state index in [0.717, 1.165) is 11.1 Å². The van der Waals surface area contributed by atoms with Gasteiger partial charge in [0.25, 0.3) is 0 Å². The molecule has 2 N–H and O–H groups in total. The van der Waals surface area contributed by atoms with E-state index in [1.807, 2.05) is 43.3 Å². The molecule has 2 aromatic carbocycles. The van der Waals surface area contributed by atoms with Crippen LogP contribution in [0.25, 0.3) is 0 Å². The zero-order valence-electron chi connectivity index (χ0n) is 18.3. The molecular weight excluding hydrogens is 423 g/mol. The average molecular weight is 448 g/mol. The fourth-order valence-electron chi connectivity index (χ4n) is 3.11. The number of anilines is 2. The van der Waals surface area contributed by atoms with Crippen LogP contribution in [0.1, 0.15) is 24.0 Å². The Morgan fingerprint density at radius 3 is 2.36 bits per heavy atom. The summed E-state index contributed by atoms with van der Waals surface area (Å²) >= 11 is 0. The zero-order valence-corrected chi connectivity index (χ0v) is 18.3. The first-order valence-corrected chi connectivity index (χ1v) is 10.5. The molecule has 0 radical (unpaired) electrons. The number of rotatable bonds is 9. The van der Waals surface area contributed by atoms with Crippen LogP contribution in [-0.4, -0.2) is 29.3 Å². The standard InChI is InChI=1S/C25H25FN4O3/c1-18-13-14-27-22(15-18)29-23(31)11-12-25(33)30(21-9-7-20(26)8-10-21)17-24(32)28-16-19-5-3-2-4-6-19/h2-10,13-15H,11-12,16-17H2,1H3,(H,28,32)(H,27,29,31). The number of hydrogen-bond donors (Lipinski definition) is 2. The van der Waals surface area contributed by atoms with E-state index in [0.29, 0.717) is 18.1 Å². The number of nitrogens with zero attached hydrogens (tertiary/aromatic N) is 2. The van der Waals surface area contributed by atoms with Gasteiger partial charge in [0.2, 0.25) is 17.7 Å². The molecule has 0 spiro atoms. The highest BCUT2D eigenvalue weighted by Gasteiger charge is 2.20. The topological polar surface area (TPSA) is 91.4 Å². The van der Waals surface area contributed by atoms with Crippen LogP contribution in [0.2, 0.25) is 0 Å². The smallest absolute Gasteiger partial charge is 0.240 e. The molecule has 0 fully saturated rings. The fraction of sp³-hybridized carbons (Fsp3) is 0.200. The normalized spacial score (nSPS) is 10.4. The fourth-order valence-corrected chi connectivity index (χ4v) is 3.11. The predicted molar refractivity (Wildman–Crippen MR) is 124 cm³/mol. The van der Waals surface area contributed by atoms with Crippen molar-refractivity contribution in [1.29, 1.82) is 0 Å². The summed E-state index contributed by atoms with van der Waals surface area (Å²) in [5, 5.41) is 5.43. The van der Waals surface area contributed by atoms with E-state index in [4.69, 9.17) is 0 Å². The minimum atomic E-state index is -0.454. The van der Waals surface area contributed by atoms with Gasteiger partial charge in [0, 0.05) is 31.3 Å². The number of aromatic nitrogens is 1. The summed E-state index contributed by atoms with van der Waals surface area (Å²) in [6.07, 6.45) is 1.37. The van der Waals surface area contributed by atoms with E-state index in [1.165, 1.54) is 29.2 Å². The molecule has 1 aromatic heterocycles. The molecule has 33 heavy (non-hydrogen) atoms. The molecule has 170 valence electrons. The molecule has 8 heteroatoms. The highest BCUT2D eigenvalue weighted by Crippen LogP contribution is 2.17. The van der Waals surface area contributed by atoms with Crippen LogP contribution < -0.4 is 15.5 Å². The van der Waals surface area contributed by atoms with Crippen molar-refractivity contribution in [2.75, 3.05) is 16.8 Å². The average Bonchev–Trinajstić information content (AvgIpc) is 2.81. The van der Waals surface area contributed by atoms with Crippen LogP contribution in [0.15, 0.2) is 72.9 Å². The Bertz CT molecular complexity index is 1100. The van der Waals surface area contributed by atoms with E-state index in [2.05, 4.69) is 15.6 Å². The molecule has 0 saturated carbocycles. The van der Waals surface area contributed by atoms with Gasteiger partial charge in [-0.05, 0) is 54.4 Å². The second-order valence-corrected chi connectivity index (χ2v) is 7.49. The molecule has 0 saturated heterocycles. The van der Waals surface area contributed by atoms with Gasteiger partial charge in [-0.15, -0.1) is 0 Å². The Balaban J connectivity index is 1.61. The Morgan fingerprint density at radius 2 is 1.67 bits per heavy atom. The van der Waals surface area contributed by atoms with Gasteiger partial charge < -0.3 is 15.5 Å². The Kier molecular flexibility index (Phi) is 8.24. The molecule has 7 nitrogen and oxygen atoms in total. The molecule has 3 rings (SSSR count). The van der Waals surface area contributed by atoms with Gasteiger partial charge in [-0.2, -0.15) is 0 Å². The number of carbonyl (C=O) groups is 3. The molecule has 1 heterocycles. The maximum Gasteiger partial charge on any atom is 0.240 e. The number of hydrogen-bond acceptors (Lipinski definition) is 4. The SMILES string of the molecule is Cc1ccnc(NC(=O)CCC(=O)N(CC(=O)NCc2ccccc2)c2ccc(F)cc2)c1. The van der Waals surface area contributed by atoms with Crippen molar-refractivity contribution in [3.05, 3.63) is 89.9 Å². The minimum absolute atomic E-state index is 0.0855. The van der Waals surface area contributed by atoms with Crippen LogP contribution in [0.3, 0.4) is 0 Å². The van der Waals surface area contributed by atoms with Gasteiger partial charge in [-0.3, -0.25) is 14.4 Å². The third kappa shape index (κ3) is 7.53. The summed E-state index contributed by atoms with van der Waals surface area (Å²) in [5.41, 5.74) is 2.24. The second-order valence-electron chi connectivity index (χ2n) is 7.49. The first-order valence-electron chi connectivity index (χ1n) is 10.5. The lowest BCUT2D eigenvalue weighted by Gasteiger charge is -2.22. The quantitative estimate of drug-likeness (QED) is 0.523. The molecule has 0 aliphatic rings. The molecule has 0 aliphatic carbocycles. The van der Waals surface area contributed by atoms with Crippen LogP contribution in [0, 0.1) is 12.7 Å². The van der Waals surface area contributed by atoms with Crippen molar-refractivity contribution in [3.63, 3.8) is 0 Å². The molecule has 0 aliphatic heterocycles. The number of benzene rings is 2. The van der Waals surface area contributed by atoms with Crippen LogP contribution in [0.5, 0.6) is 0 Å². The van der Waals surface area contributed by atoms with E-state index >= 15 is 0 Å². The van der Waals surface area contributed by atoms with Crippen molar-refractivity contribution >= 4 is 29.2 Å². The van der Waals surface area contributed by atoms with Crippen molar-refractivity contribution in [1.82, 2.24) is 10.3 Å². The predicted octanol–water partition coefficient (Wildman–Crippen LogP) is 3.60. The summed E-state index contributed by atoms with van der Waals surface area (Å²) in [6.45, 7) is 1.94. The van der Waals surface area contributed by atoms with E-state index in [-0.39, 0.29) is 31.2 Å². The summed E-state index contributed by atoms with van der Waals surface area (Å²) in [4.78, 5) is 43.0. The summed E-state index contributed by atoms with van der Waals surface area (Å²) in [7, 11) is 0. The first-order chi connectivity index (χ1) is 15.9. The van der Waals surface area contributed by atoms with Gasteiger partial charge in [0.15, 0.2) is 0 Å². The van der Waals surface area contributed by atoms with Crippen LogP contribution >= 0.6 is 0 Å². The van der Waals surface area contributed by atoms with Gasteiger partial charge >= 0.3 is 0 Å². The number of amides is 3. The largest absolute Gasteiger partial charge is 0.350 e. The summed E-state index contributed by atoms with van der Waals surface area (Å²) < 4.78 is 13.4. The van der Waals surface area contributed by atoms with Gasteiger partial charge in [0.1, 0.15) is 18.2 Å². The highest BCUT2D eigenvalue weighted by atomic mass is 19.1. The third-order valence-corrected chi connectivity index (χ3v) is 4.82. The van der Waals surface area contributed by atoms with Crippen LogP contribution in [-0.2, 0) is 20.9 Å². The first kappa shape index (κ1) is 23.6. The molecule has 3 aromatic rings. The maximum atomic E-state index is 13.4. The monoisotopic (exact) mass is 448 g/mol. The Labute approximate surface area is 191 Å². The Morgan fingerprint density at radius 1 is 0.939 bits per heavy atom. The molecule has 0 unspecified atom stereocenters. The number of aryl methyl sites for hydroxylation is 1. The van der Waals surface area contributed by atoms with Gasteiger partial charge in [-0.25, -0.2) is 9.37 Å². The number of pyridine rings is 1. The zero-order chi connectivity index (χ0) is 23.6. The minimum Gasteiger partial charge on any atom is -0.350 e. The van der Waals surface area contributed by atoms with Crippen molar-refractivity contribution in [2.45, 2.75) is 26.3 Å². The molecule has 0 atom stereocenters. The highest BCUT2D eigenvalue weighted by molar-refractivity contribution is 6.01. The molecule has 3 amide bonds. The van der Waals surface area contributed by atoms with Crippen molar-refractivity contribution in [2.24, 2.45) is 0 Å². The number of halogens is 1. The Hall–Kier alpha value is -4.07. The molecular formula is C25H25FN4O3.